The van der Waals surface area contributed by atoms with Crippen molar-refractivity contribution in [2.75, 3.05) is 0 Å². The molecule has 0 aliphatic rings. The van der Waals surface area contributed by atoms with Crippen LogP contribution >= 0.6 is 0 Å². The Morgan fingerprint density at radius 3 is 1.85 bits per heavy atom. The Morgan fingerprint density at radius 2 is 1.62 bits per heavy atom. The van der Waals surface area contributed by atoms with Crippen LogP contribution in [0.3, 0.4) is 0 Å². The molecule has 0 aliphatic heterocycles. The number of hydrogen-bond acceptors (Lipinski definition) is 0. The molecule has 0 fully saturated rings. The summed E-state index contributed by atoms with van der Waals surface area (Å²) in [6.07, 6.45) is -1.96. The molecule has 0 N–H and O–H groups in total. The van der Waals surface area contributed by atoms with E-state index in [9.17, 15) is 13.2 Å². The fraction of sp³-hybridized carbons (Fsp3) is 0.400. The highest BCUT2D eigenvalue weighted by molar-refractivity contribution is 5.35. The average Bonchev–Trinajstić information content (AvgIpc) is 1.96. The molecule has 0 aromatic heterocycles. The molecular weight excluding hydrogens is 177 g/mol. The van der Waals surface area contributed by atoms with E-state index in [1.807, 2.05) is 0 Å². The molecule has 0 aliphatic carbocycles. The van der Waals surface area contributed by atoms with Crippen LogP contribution in [0.25, 0.3) is 0 Å². The second kappa shape index (κ2) is 4.30. The summed E-state index contributed by atoms with van der Waals surface area (Å²) in [6, 6.07) is 0. The van der Waals surface area contributed by atoms with Gasteiger partial charge in [-0.05, 0) is 26.3 Å². The van der Waals surface area contributed by atoms with Crippen molar-refractivity contribution in [2.24, 2.45) is 0 Å². The summed E-state index contributed by atoms with van der Waals surface area (Å²) in [7, 11) is 0. The second-order valence-corrected chi connectivity index (χ2v) is 3.02. The molecule has 0 amide bonds. The van der Waals surface area contributed by atoms with Crippen LogP contribution < -0.4 is 0 Å². The number of alkyl halides is 3. The van der Waals surface area contributed by atoms with E-state index >= 15 is 0 Å². The molecule has 0 rings (SSSR count). The van der Waals surface area contributed by atoms with E-state index in [4.69, 9.17) is 0 Å². The maximum Gasteiger partial charge on any atom is 0.416 e. The molecule has 0 radical (unpaired) electrons. The minimum atomic E-state index is -4.30. The van der Waals surface area contributed by atoms with Gasteiger partial charge in [-0.2, -0.15) is 13.2 Å². The quantitative estimate of drug-likeness (QED) is 0.577. The number of hydrogen-bond donors (Lipinski definition) is 0. The molecular formula is C10H13F3. The first-order chi connectivity index (χ1) is 5.79. The Balaban J connectivity index is 5.24. The van der Waals surface area contributed by atoms with Gasteiger partial charge in [-0.1, -0.05) is 24.3 Å². The fourth-order valence-corrected chi connectivity index (χ4v) is 0.818. The Hall–Kier alpha value is -0.990. The summed E-state index contributed by atoms with van der Waals surface area (Å²) < 4.78 is 37.1. The molecule has 0 aromatic carbocycles. The predicted molar refractivity (Wildman–Crippen MR) is 48.4 cm³/mol. The molecule has 0 heterocycles. The van der Waals surface area contributed by atoms with E-state index in [1.54, 1.807) is 13.8 Å². The summed E-state index contributed by atoms with van der Waals surface area (Å²) in [4.78, 5) is 0. The monoisotopic (exact) mass is 190 g/mol. The van der Waals surface area contributed by atoms with Crippen LogP contribution in [0, 0.1) is 0 Å². The van der Waals surface area contributed by atoms with E-state index in [-0.39, 0.29) is 5.57 Å². The fourth-order valence-electron chi connectivity index (χ4n) is 0.818. The van der Waals surface area contributed by atoms with Gasteiger partial charge in [0.1, 0.15) is 0 Å². The van der Waals surface area contributed by atoms with Crippen LogP contribution in [-0.2, 0) is 0 Å². The zero-order valence-electron chi connectivity index (χ0n) is 8.00. The molecule has 0 aromatic rings. The van der Waals surface area contributed by atoms with Crippen LogP contribution in [0.1, 0.15) is 20.8 Å². The SMILES string of the molecule is C=C/C(C)=C(\C=C(C)C)C(F)(F)F. The van der Waals surface area contributed by atoms with E-state index in [2.05, 4.69) is 6.58 Å². The van der Waals surface area contributed by atoms with Crippen molar-refractivity contribution in [3.05, 3.63) is 35.5 Å². The third-order valence-corrected chi connectivity index (χ3v) is 1.47. The van der Waals surface area contributed by atoms with Crippen LogP contribution in [0.15, 0.2) is 35.5 Å². The van der Waals surface area contributed by atoms with Gasteiger partial charge in [0, 0.05) is 0 Å². The number of rotatable bonds is 2. The average molecular weight is 190 g/mol. The van der Waals surface area contributed by atoms with Crippen LogP contribution in [0.5, 0.6) is 0 Å². The number of allylic oxidation sites excluding steroid dienone is 5. The Labute approximate surface area is 76.5 Å². The highest BCUT2D eigenvalue weighted by Crippen LogP contribution is 2.30. The molecule has 13 heavy (non-hydrogen) atoms. The van der Waals surface area contributed by atoms with Crippen molar-refractivity contribution in [3.8, 4) is 0 Å². The summed E-state index contributed by atoms with van der Waals surface area (Å²) in [5, 5.41) is 0. The number of halogens is 3. The lowest BCUT2D eigenvalue weighted by molar-refractivity contribution is -0.0888. The lowest BCUT2D eigenvalue weighted by Crippen LogP contribution is -2.11. The Morgan fingerprint density at radius 1 is 1.15 bits per heavy atom. The molecule has 0 saturated carbocycles. The normalized spacial score (nSPS) is 13.4. The van der Waals surface area contributed by atoms with E-state index in [1.165, 1.54) is 13.0 Å². The van der Waals surface area contributed by atoms with Crippen LogP contribution in [0.2, 0.25) is 0 Å². The first kappa shape index (κ1) is 12.0. The minimum absolute atomic E-state index is 0.147. The van der Waals surface area contributed by atoms with Crippen molar-refractivity contribution in [1.82, 2.24) is 0 Å². The summed E-state index contributed by atoms with van der Waals surface area (Å²) in [5.74, 6) is 0. The standard InChI is InChI=1S/C10H13F3/c1-5-8(4)9(6-7(2)3)10(11,12)13/h5-6H,1H2,2-4H3/b9-8+. The third kappa shape index (κ3) is 3.97. The van der Waals surface area contributed by atoms with Crippen molar-refractivity contribution in [1.29, 1.82) is 0 Å². The topological polar surface area (TPSA) is 0 Å². The highest BCUT2D eigenvalue weighted by Gasteiger charge is 2.32. The highest BCUT2D eigenvalue weighted by atomic mass is 19.4. The van der Waals surface area contributed by atoms with Gasteiger partial charge >= 0.3 is 6.18 Å². The first-order valence-electron chi connectivity index (χ1n) is 3.84. The third-order valence-electron chi connectivity index (χ3n) is 1.47. The molecule has 74 valence electrons. The van der Waals surface area contributed by atoms with Gasteiger partial charge in [-0.3, -0.25) is 0 Å². The zero-order chi connectivity index (χ0) is 10.6. The Bertz CT molecular complexity index is 250. The molecule has 0 unspecified atom stereocenters. The van der Waals surface area contributed by atoms with Gasteiger partial charge in [0.15, 0.2) is 0 Å². The summed E-state index contributed by atoms with van der Waals surface area (Å²) in [5.41, 5.74) is 0.143. The lowest BCUT2D eigenvalue weighted by Gasteiger charge is -2.10. The lowest BCUT2D eigenvalue weighted by atomic mass is 10.1. The molecule has 0 bridgehead atoms. The van der Waals surface area contributed by atoms with Gasteiger partial charge < -0.3 is 0 Å². The minimum Gasteiger partial charge on any atom is -0.166 e. The second-order valence-electron chi connectivity index (χ2n) is 3.02. The molecule has 0 atom stereocenters. The van der Waals surface area contributed by atoms with Crippen LogP contribution in [-0.4, -0.2) is 6.18 Å². The van der Waals surface area contributed by atoms with Crippen molar-refractivity contribution in [3.63, 3.8) is 0 Å². The van der Waals surface area contributed by atoms with Crippen molar-refractivity contribution < 1.29 is 13.2 Å². The molecule has 0 nitrogen and oxygen atoms in total. The van der Waals surface area contributed by atoms with Crippen molar-refractivity contribution in [2.45, 2.75) is 26.9 Å². The predicted octanol–water partition coefficient (Wildman–Crippen LogP) is 4.02. The molecule has 3 heteroatoms. The zero-order valence-corrected chi connectivity index (χ0v) is 8.00. The van der Waals surface area contributed by atoms with Gasteiger partial charge in [-0.25, -0.2) is 0 Å². The van der Waals surface area contributed by atoms with E-state index in [0.29, 0.717) is 5.57 Å². The van der Waals surface area contributed by atoms with Gasteiger partial charge in [0.2, 0.25) is 0 Å². The van der Waals surface area contributed by atoms with E-state index < -0.39 is 11.7 Å². The first-order valence-corrected chi connectivity index (χ1v) is 3.84. The summed E-state index contributed by atoms with van der Waals surface area (Å²) in [6.45, 7) is 7.97. The molecule has 0 saturated heterocycles. The molecule has 0 spiro atoms. The van der Waals surface area contributed by atoms with Gasteiger partial charge in [0.25, 0.3) is 0 Å². The van der Waals surface area contributed by atoms with Gasteiger partial charge in [-0.15, -0.1) is 0 Å². The maximum atomic E-state index is 12.4. The maximum absolute atomic E-state index is 12.4. The van der Waals surface area contributed by atoms with Crippen LogP contribution in [0.4, 0.5) is 13.2 Å². The Kier molecular flexibility index (Phi) is 3.98. The smallest absolute Gasteiger partial charge is 0.166 e. The van der Waals surface area contributed by atoms with Crippen molar-refractivity contribution >= 4 is 0 Å². The summed E-state index contributed by atoms with van der Waals surface area (Å²) >= 11 is 0. The largest absolute Gasteiger partial charge is 0.416 e. The van der Waals surface area contributed by atoms with E-state index in [0.717, 1.165) is 6.08 Å². The van der Waals surface area contributed by atoms with Gasteiger partial charge in [0.05, 0.1) is 5.57 Å².